The summed E-state index contributed by atoms with van der Waals surface area (Å²) in [4.78, 5) is 23.2. The second kappa shape index (κ2) is 8.15. The summed E-state index contributed by atoms with van der Waals surface area (Å²) in [5, 5.41) is 11.8. The van der Waals surface area contributed by atoms with Crippen molar-refractivity contribution in [1.82, 2.24) is 5.32 Å². The number of carboxylic acid groups (broad SMARTS) is 1. The Kier molecular flexibility index (Phi) is 6.84. The van der Waals surface area contributed by atoms with Crippen molar-refractivity contribution in [1.29, 1.82) is 0 Å². The number of nitrogens with one attached hydrogen (secondary N) is 1. The molecule has 1 aliphatic heterocycles. The highest BCUT2D eigenvalue weighted by atomic mass is 16.5. The van der Waals surface area contributed by atoms with Crippen LogP contribution in [0.2, 0.25) is 0 Å². The number of unbranched alkanes of at least 4 members (excludes halogenated alkanes) is 1. The van der Waals surface area contributed by atoms with Gasteiger partial charge in [-0.1, -0.05) is 26.7 Å². The van der Waals surface area contributed by atoms with Crippen molar-refractivity contribution in [2.24, 2.45) is 11.8 Å². The first-order valence-corrected chi connectivity index (χ1v) is 7.17. The van der Waals surface area contributed by atoms with Gasteiger partial charge >= 0.3 is 5.97 Å². The zero-order valence-corrected chi connectivity index (χ0v) is 11.9. The summed E-state index contributed by atoms with van der Waals surface area (Å²) in [6.07, 6.45) is 3.98. The standard InChI is InChI=1S/C14H25NO4/c1-3-4-5-12(14(17)18)15-13(16)10(2)11-6-8-19-9-7-11/h10-12H,3-9H2,1-2H3,(H,15,16)(H,17,18). The lowest BCUT2D eigenvalue weighted by molar-refractivity contribution is -0.143. The summed E-state index contributed by atoms with van der Waals surface area (Å²) in [5.74, 6) is -0.932. The molecule has 2 unspecified atom stereocenters. The van der Waals surface area contributed by atoms with Crippen LogP contribution in [0.5, 0.6) is 0 Å². The Labute approximate surface area is 114 Å². The van der Waals surface area contributed by atoms with E-state index in [-0.39, 0.29) is 11.8 Å². The molecule has 5 heteroatoms. The molecule has 1 saturated heterocycles. The van der Waals surface area contributed by atoms with Gasteiger partial charge in [0.15, 0.2) is 0 Å². The number of ether oxygens (including phenoxy) is 1. The third-order valence-electron chi connectivity index (χ3n) is 3.85. The van der Waals surface area contributed by atoms with Crippen LogP contribution in [0.3, 0.4) is 0 Å². The Morgan fingerprint density at radius 2 is 2.00 bits per heavy atom. The maximum absolute atomic E-state index is 12.1. The van der Waals surface area contributed by atoms with Gasteiger partial charge in [0.05, 0.1) is 0 Å². The van der Waals surface area contributed by atoms with Crippen molar-refractivity contribution in [3.05, 3.63) is 0 Å². The first-order chi connectivity index (χ1) is 9.06. The Bertz CT molecular complexity index is 300. The number of carbonyl (C=O) groups excluding carboxylic acids is 1. The smallest absolute Gasteiger partial charge is 0.326 e. The van der Waals surface area contributed by atoms with E-state index < -0.39 is 12.0 Å². The predicted molar refractivity (Wildman–Crippen MR) is 71.8 cm³/mol. The molecule has 0 aromatic carbocycles. The molecule has 0 spiro atoms. The van der Waals surface area contributed by atoms with Crippen molar-refractivity contribution in [2.75, 3.05) is 13.2 Å². The normalized spacial score (nSPS) is 19.7. The number of hydrogen-bond donors (Lipinski definition) is 2. The number of rotatable bonds is 7. The zero-order valence-electron chi connectivity index (χ0n) is 11.9. The van der Waals surface area contributed by atoms with E-state index in [1.54, 1.807) is 0 Å². The molecule has 0 saturated carbocycles. The molecule has 2 atom stereocenters. The first kappa shape index (κ1) is 16.0. The first-order valence-electron chi connectivity index (χ1n) is 7.17. The topological polar surface area (TPSA) is 75.6 Å². The van der Waals surface area contributed by atoms with Crippen molar-refractivity contribution in [3.63, 3.8) is 0 Å². The van der Waals surface area contributed by atoms with Crippen molar-refractivity contribution in [3.8, 4) is 0 Å². The highest BCUT2D eigenvalue weighted by molar-refractivity contribution is 5.84. The van der Waals surface area contributed by atoms with Crippen LogP contribution in [0, 0.1) is 11.8 Å². The van der Waals surface area contributed by atoms with Gasteiger partial charge in [-0.05, 0) is 25.2 Å². The number of carboxylic acids is 1. The van der Waals surface area contributed by atoms with Gasteiger partial charge in [0.1, 0.15) is 6.04 Å². The molecule has 5 nitrogen and oxygen atoms in total. The lowest BCUT2D eigenvalue weighted by atomic mass is 9.86. The van der Waals surface area contributed by atoms with Gasteiger partial charge in [0, 0.05) is 19.1 Å². The third-order valence-corrected chi connectivity index (χ3v) is 3.85. The Hall–Kier alpha value is -1.10. The quantitative estimate of drug-likeness (QED) is 0.740. The summed E-state index contributed by atoms with van der Waals surface area (Å²) in [6.45, 7) is 5.27. The minimum absolute atomic E-state index is 0.143. The maximum atomic E-state index is 12.1. The van der Waals surface area contributed by atoms with Crippen LogP contribution in [-0.2, 0) is 14.3 Å². The molecule has 1 heterocycles. The van der Waals surface area contributed by atoms with Crippen molar-refractivity contribution >= 4 is 11.9 Å². The SMILES string of the molecule is CCCCC(NC(=O)C(C)C1CCOCC1)C(=O)O. The maximum Gasteiger partial charge on any atom is 0.326 e. The fourth-order valence-corrected chi connectivity index (χ4v) is 2.40. The second-order valence-electron chi connectivity index (χ2n) is 5.28. The van der Waals surface area contributed by atoms with Gasteiger partial charge in [-0.25, -0.2) is 4.79 Å². The highest BCUT2D eigenvalue weighted by Gasteiger charge is 2.28. The summed E-state index contributed by atoms with van der Waals surface area (Å²) >= 11 is 0. The molecule has 1 fully saturated rings. The Morgan fingerprint density at radius 3 is 2.53 bits per heavy atom. The van der Waals surface area contributed by atoms with Crippen LogP contribution in [0.15, 0.2) is 0 Å². The molecule has 0 aromatic rings. The van der Waals surface area contributed by atoms with E-state index in [1.807, 2.05) is 13.8 Å². The van der Waals surface area contributed by atoms with Gasteiger partial charge in [0.25, 0.3) is 0 Å². The lowest BCUT2D eigenvalue weighted by Gasteiger charge is -2.28. The summed E-state index contributed by atoms with van der Waals surface area (Å²) in [5.41, 5.74) is 0. The van der Waals surface area contributed by atoms with Gasteiger partial charge in [-0.2, -0.15) is 0 Å². The fraction of sp³-hybridized carbons (Fsp3) is 0.857. The number of carbonyl (C=O) groups is 2. The lowest BCUT2D eigenvalue weighted by Crippen LogP contribution is -2.45. The molecule has 1 rings (SSSR count). The van der Waals surface area contributed by atoms with Crippen molar-refractivity contribution in [2.45, 2.75) is 52.0 Å². The molecule has 1 amide bonds. The van der Waals surface area contributed by atoms with E-state index >= 15 is 0 Å². The second-order valence-corrected chi connectivity index (χ2v) is 5.28. The summed E-state index contributed by atoms with van der Waals surface area (Å²) in [6, 6.07) is -0.755. The molecule has 0 aliphatic carbocycles. The molecule has 19 heavy (non-hydrogen) atoms. The van der Waals surface area contributed by atoms with Crippen LogP contribution in [0.25, 0.3) is 0 Å². The van der Waals surface area contributed by atoms with E-state index in [0.717, 1.165) is 25.7 Å². The molecular formula is C14H25NO4. The molecular weight excluding hydrogens is 246 g/mol. The molecule has 110 valence electrons. The van der Waals surface area contributed by atoms with Gasteiger partial charge in [-0.15, -0.1) is 0 Å². The van der Waals surface area contributed by atoms with Crippen LogP contribution in [-0.4, -0.2) is 36.2 Å². The van der Waals surface area contributed by atoms with E-state index in [9.17, 15) is 9.59 Å². The molecule has 2 N–H and O–H groups in total. The number of amides is 1. The number of aliphatic carboxylic acids is 1. The van der Waals surface area contributed by atoms with Crippen LogP contribution in [0.4, 0.5) is 0 Å². The third kappa shape index (κ3) is 5.19. The van der Waals surface area contributed by atoms with Crippen LogP contribution >= 0.6 is 0 Å². The van der Waals surface area contributed by atoms with E-state index in [2.05, 4.69) is 5.32 Å². The highest BCUT2D eigenvalue weighted by Crippen LogP contribution is 2.23. The monoisotopic (exact) mass is 271 g/mol. The van der Waals surface area contributed by atoms with Crippen molar-refractivity contribution < 1.29 is 19.4 Å². The van der Waals surface area contributed by atoms with Crippen LogP contribution < -0.4 is 5.32 Å². The molecule has 0 bridgehead atoms. The van der Waals surface area contributed by atoms with E-state index in [1.165, 1.54) is 0 Å². The number of hydrogen-bond acceptors (Lipinski definition) is 3. The van der Waals surface area contributed by atoms with Gasteiger partial charge in [-0.3, -0.25) is 4.79 Å². The van der Waals surface area contributed by atoms with Crippen LogP contribution in [0.1, 0.15) is 46.0 Å². The Morgan fingerprint density at radius 1 is 1.37 bits per heavy atom. The fourth-order valence-electron chi connectivity index (χ4n) is 2.40. The van der Waals surface area contributed by atoms with Gasteiger partial charge in [0.2, 0.25) is 5.91 Å². The largest absolute Gasteiger partial charge is 0.480 e. The minimum atomic E-state index is -0.944. The summed E-state index contributed by atoms with van der Waals surface area (Å²) < 4.78 is 5.28. The Balaban J connectivity index is 2.47. The minimum Gasteiger partial charge on any atom is -0.480 e. The predicted octanol–water partition coefficient (Wildman–Crippen LogP) is 1.81. The van der Waals surface area contributed by atoms with E-state index in [0.29, 0.717) is 25.6 Å². The average molecular weight is 271 g/mol. The molecule has 1 aliphatic rings. The van der Waals surface area contributed by atoms with E-state index in [4.69, 9.17) is 9.84 Å². The summed E-state index contributed by atoms with van der Waals surface area (Å²) in [7, 11) is 0. The zero-order chi connectivity index (χ0) is 14.3. The average Bonchev–Trinajstić information content (AvgIpc) is 2.43. The molecule has 0 aromatic heterocycles. The molecule has 0 radical (unpaired) electrons. The van der Waals surface area contributed by atoms with Gasteiger partial charge < -0.3 is 15.2 Å².